The Hall–Kier alpha value is -2.41. The van der Waals surface area contributed by atoms with Gasteiger partial charge in [0.2, 0.25) is 0 Å². The van der Waals surface area contributed by atoms with E-state index in [0.29, 0.717) is 19.5 Å². The molecule has 1 saturated heterocycles. The van der Waals surface area contributed by atoms with Crippen LogP contribution >= 0.6 is 0 Å². The zero-order valence-electron chi connectivity index (χ0n) is 21.2. The van der Waals surface area contributed by atoms with Crippen molar-refractivity contribution in [2.24, 2.45) is 0 Å². The highest BCUT2D eigenvalue weighted by Crippen LogP contribution is 2.42. The van der Waals surface area contributed by atoms with Crippen molar-refractivity contribution in [2.75, 3.05) is 18.0 Å². The summed E-state index contributed by atoms with van der Waals surface area (Å²) in [6.45, 7) is 13.6. The summed E-state index contributed by atoms with van der Waals surface area (Å²) in [5.74, 6) is -2.06. The Morgan fingerprint density at radius 2 is 1.68 bits per heavy atom. The molecule has 186 valence electrons. The fourth-order valence-electron chi connectivity index (χ4n) is 3.66. The van der Waals surface area contributed by atoms with Gasteiger partial charge in [-0.3, -0.25) is 4.79 Å². The molecule has 1 fully saturated rings. The normalized spacial score (nSPS) is 16.3. The van der Waals surface area contributed by atoms with E-state index >= 15 is 0 Å². The van der Waals surface area contributed by atoms with Crippen molar-refractivity contribution < 1.29 is 22.7 Å². The number of para-hydroxylation sites is 1. The van der Waals surface area contributed by atoms with Crippen LogP contribution in [0.4, 0.5) is 14.5 Å². The largest absolute Gasteiger partial charge is 0.543 e. The molecular weight excluding hydrogens is 452 g/mol. The van der Waals surface area contributed by atoms with Gasteiger partial charge in [-0.25, -0.2) is 8.78 Å². The van der Waals surface area contributed by atoms with E-state index in [1.54, 1.807) is 6.92 Å². The number of esters is 1. The molecule has 0 unspecified atom stereocenters. The molecule has 0 saturated carbocycles. The third kappa shape index (κ3) is 6.17. The van der Waals surface area contributed by atoms with Crippen LogP contribution in [-0.4, -0.2) is 33.3 Å². The minimum absolute atomic E-state index is 0.00232. The number of carbonyl (C=O) groups excluding carboxylic acids is 1. The second-order valence-corrected chi connectivity index (χ2v) is 15.3. The molecule has 7 heteroatoms. The fraction of sp³-hybridized carbons (Fsp3) is 0.519. The molecule has 0 amide bonds. The van der Waals surface area contributed by atoms with Crippen LogP contribution < -0.4 is 9.33 Å². The van der Waals surface area contributed by atoms with Gasteiger partial charge in [-0.15, -0.1) is 0 Å². The molecule has 0 aliphatic carbocycles. The molecule has 2 aromatic carbocycles. The summed E-state index contributed by atoms with van der Waals surface area (Å²) >= 11 is 0. The molecule has 1 aliphatic rings. The summed E-state index contributed by atoms with van der Waals surface area (Å²) in [5, 5.41) is -0.00232. The van der Waals surface area contributed by atoms with Crippen LogP contribution in [0, 0.1) is 0 Å². The lowest BCUT2D eigenvalue weighted by Crippen LogP contribution is -2.44. The smallest absolute Gasteiger partial charge is 0.305 e. The lowest BCUT2D eigenvalue weighted by Gasteiger charge is -2.37. The van der Waals surface area contributed by atoms with Gasteiger partial charge in [0, 0.05) is 49.2 Å². The Kier molecular flexibility index (Phi) is 7.75. The Morgan fingerprint density at radius 3 is 2.24 bits per heavy atom. The molecule has 1 heterocycles. The molecule has 0 spiro atoms. The maximum absolute atomic E-state index is 13.5. The van der Waals surface area contributed by atoms with Gasteiger partial charge in [0.05, 0.1) is 0 Å². The second-order valence-electron chi connectivity index (χ2n) is 10.6. The van der Waals surface area contributed by atoms with Gasteiger partial charge in [0.25, 0.3) is 14.2 Å². The van der Waals surface area contributed by atoms with E-state index in [2.05, 4.69) is 33.9 Å². The minimum Gasteiger partial charge on any atom is -0.543 e. The highest BCUT2D eigenvalue weighted by molar-refractivity contribution is 6.74. The van der Waals surface area contributed by atoms with E-state index < -0.39 is 14.2 Å². The molecular formula is C27H37F2NO3Si. The van der Waals surface area contributed by atoms with Crippen LogP contribution in [0.1, 0.15) is 52.5 Å². The summed E-state index contributed by atoms with van der Waals surface area (Å²) < 4.78 is 39.3. The Bertz CT molecular complexity index is 990. The second kappa shape index (κ2) is 10.1. The van der Waals surface area contributed by atoms with Gasteiger partial charge < -0.3 is 14.1 Å². The third-order valence-corrected chi connectivity index (χ3v) is 11.3. The van der Waals surface area contributed by atoms with Crippen LogP contribution in [0.15, 0.2) is 42.5 Å². The Morgan fingerprint density at radius 1 is 1.06 bits per heavy atom. The highest BCUT2D eigenvalue weighted by atomic mass is 28.4. The third-order valence-electron chi connectivity index (χ3n) is 6.98. The zero-order chi connectivity index (χ0) is 25.1. The van der Waals surface area contributed by atoms with Gasteiger partial charge in [0.15, 0.2) is 0 Å². The molecule has 4 nitrogen and oxygen atoms in total. The number of benzene rings is 2. The topological polar surface area (TPSA) is 38.8 Å². The first-order valence-corrected chi connectivity index (χ1v) is 14.9. The summed E-state index contributed by atoms with van der Waals surface area (Å²) in [7, 11) is -2.18. The number of ether oxygens (including phenoxy) is 1. The quantitative estimate of drug-likeness (QED) is 0.299. The molecule has 3 rings (SSSR count). The maximum atomic E-state index is 13.5. The first kappa shape index (κ1) is 26.2. The van der Waals surface area contributed by atoms with Gasteiger partial charge >= 0.3 is 5.97 Å². The first-order valence-electron chi connectivity index (χ1n) is 12.0. The van der Waals surface area contributed by atoms with Crippen molar-refractivity contribution in [3.63, 3.8) is 0 Å². The number of anilines is 1. The van der Waals surface area contributed by atoms with Gasteiger partial charge in [-0.2, -0.15) is 0 Å². The molecule has 1 aliphatic heterocycles. The van der Waals surface area contributed by atoms with E-state index in [4.69, 9.17) is 9.16 Å². The lowest BCUT2D eigenvalue weighted by molar-refractivity contribution is -0.144. The monoisotopic (exact) mass is 489 g/mol. The molecule has 34 heavy (non-hydrogen) atoms. The summed E-state index contributed by atoms with van der Waals surface area (Å²) in [5.41, 5.74) is 3.70. The molecule has 0 N–H and O–H groups in total. The molecule has 0 atom stereocenters. The van der Waals surface area contributed by atoms with Crippen molar-refractivity contribution in [3.05, 3.63) is 48.0 Å². The minimum atomic E-state index is -2.56. The van der Waals surface area contributed by atoms with E-state index in [-0.39, 0.29) is 30.5 Å². The van der Waals surface area contributed by atoms with Gasteiger partial charge in [-0.05, 0) is 35.8 Å². The maximum Gasteiger partial charge on any atom is 0.305 e. The average molecular weight is 490 g/mol. The number of rotatable bonds is 7. The molecule has 0 bridgehead atoms. The van der Waals surface area contributed by atoms with E-state index in [0.717, 1.165) is 28.1 Å². The lowest BCUT2D eigenvalue weighted by atomic mass is 10.0. The van der Waals surface area contributed by atoms with Crippen LogP contribution in [0.3, 0.4) is 0 Å². The first-order chi connectivity index (χ1) is 15.8. The van der Waals surface area contributed by atoms with Crippen LogP contribution in [0.5, 0.6) is 5.75 Å². The SMILES string of the molecule is CCC(=O)OCc1cccc(-c2ccc(N3CCC(F)(F)CC3)cc2)c1O[Si](C)(C)C(C)(C)C. The van der Waals surface area contributed by atoms with Crippen molar-refractivity contribution in [1.29, 1.82) is 0 Å². The number of hydrogen-bond acceptors (Lipinski definition) is 4. The predicted molar refractivity (Wildman–Crippen MR) is 136 cm³/mol. The highest BCUT2D eigenvalue weighted by Gasteiger charge is 2.40. The number of carbonyl (C=O) groups is 1. The summed E-state index contributed by atoms with van der Waals surface area (Å²) in [4.78, 5) is 13.8. The molecule has 0 aromatic heterocycles. The standard InChI is InChI=1S/C27H37F2NO3Si/c1-7-24(31)32-19-21-9-8-10-23(25(21)33-34(5,6)26(2,3)4)20-11-13-22(14-12-20)30-17-15-27(28,29)16-18-30/h8-14H,7,15-19H2,1-6H3. The summed E-state index contributed by atoms with van der Waals surface area (Å²) in [6.07, 6.45) is 0.0948. The molecule has 2 aromatic rings. The van der Waals surface area contributed by atoms with Crippen LogP contribution in [0.25, 0.3) is 11.1 Å². The number of alkyl halides is 2. The van der Waals surface area contributed by atoms with Gasteiger partial charge in [-0.1, -0.05) is 58.0 Å². The Balaban J connectivity index is 1.94. The summed E-state index contributed by atoms with van der Waals surface area (Å²) in [6, 6.07) is 13.9. The van der Waals surface area contributed by atoms with E-state index in [1.807, 2.05) is 47.4 Å². The Labute approximate surface area is 203 Å². The van der Waals surface area contributed by atoms with E-state index in [9.17, 15) is 13.6 Å². The van der Waals surface area contributed by atoms with Crippen molar-refractivity contribution in [1.82, 2.24) is 0 Å². The average Bonchev–Trinajstić information content (AvgIpc) is 2.77. The van der Waals surface area contributed by atoms with Crippen molar-refractivity contribution in [3.8, 4) is 16.9 Å². The number of halogens is 2. The van der Waals surface area contributed by atoms with Crippen molar-refractivity contribution >= 4 is 20.0 Å². The van der Waals surface area contributed by atoms with Crippen LogP contribution in [-0.2, 0) is 16.1 Å². The fourth-order valence-corrected chi connectivity index (χ4v) is 4.72. The predicted octanol–water partition coefficient (Wildman–Crippen LogP) is 7.43. The van der Waals surface area contributed by atoms with Crippen LogP contribution in [0.2, 0.25) is 18.1 Å². The molecule has 0 radical (unpaired) electrons. The van der Waals surface area contributed by atoms with Crippen molar-refractivity contribution in [2.45, 2.75) is 77.6 Å². The number of hydrogen-bond donors (Lipinski definition) is 0. The van der Waals surface area contributed by atoms with Gasteiger partial charge in [0.1, 0.15) is 12.4 Å². The zero-order valence-corrected chi connectivity index (χ0v) is 22.2. The number of piperidine rings is 1. The number of nitrogens with zero attached hydrogens (tertiary/aromatic N) is 1. The van der Waals surface area contributed by atoms with E-state index in [1.165, 1.54) is 0 Å².